The van der Waals surface area contributed by atoms with Crippen molar-refractivity contribution in [2.24, 2.45) is 0 Å². The highest BCUT2D eigenvalue weighted by molar-refractivity contribution is 9.09. The summed E-state index contributed by atoms with van der Waals surface area (Å²) in [5, 5.41) is 0. The molecule has 1 aliphatic heterocycles. The van der Waals surface area contributed by atoms with E-state index in [1.165, 1.54) is 0 Å². The van der Waals surface area contributed by atoms with Crippen LogP contribution in [0.25, 0.3) is 0 Å². The summed E-state index contributed by atoms with van der Waals surface area (Å²) in [4.78, 5) is 2.47. The Labute approximate surface area is 57.9 Å². The van der Waals surface area contributed by atoms with Gasteiger partial charge in [-0.05, 0) is 7.05 Å². The summed E-state index contributed by atoms with van der Waals surface area (Å²) in [6.45, 7) is 3.55. The summed E-state index contributed by atoms with van der Waals surface area (Å²) in [5.74, 6) is 0. The number of morpholine rings is 1. The molecule has 0 aliphatic carbocycles. The fourth-order valence-electron chi connectivity index (χ4n) is 0.568. The van der Waals surface area contributed by atoms with Crippen LogP contribution in [-0.2, 0) is 4.74 Å². The van der Waals surface area contributed by atoms with Gasteiger partial charge in [0.05, 0.1) is 24.7 Å². The fraction of sp³-hybridized carbons (Fsp3) is 0.800. The first-order chi connectivity index (χ1) is 3.80. The minimum atomic E-state index is 0.372. The van der Waals surface area contributed by atoms with Crippen molar-refractivity contribution in [3.8, 4) is 0 Å². The number of alkyl halides is 1. The largest absolute Gasteiger partial charge is 0.377 e. The first-order valence-electron chi connectivity index (χ1n) is 2.58. The molecule has 0 spiro atoms. The quantitative estimate of drug-likeness (QED) is 0.403. The Kier molecular flexibility index (Phi) is 2.28. The molecule has 3 heteroatoms. The van der Waals surface area contributed by atoms with Crippen molar-refractivity contribution in [3.05, 3.63) is 6.54 Å². The van der Waals surface area contributed by atoms with Gasteiger partial charge in [-0.2, -0.15) is 0 Å². The lowest BCUT2D eigenvalue weighted by Gasteiger charge is -2.27. The Balaban J connectivity index is 2.28. The number of halogens is 1. The Hall–Kier alpha value is 0.400. The van der Waals surface area contributed by atoms with Crippen LogP contribution in [0.15, 0.2) is 0 Å². The van der Waals surface area contributed by atoms with Crippen LogP contribution in [0.3, 0.4) is 0 Å². The summed E-state index contributed by atoms with van der Waals surface area (Å²) in [5.41, 5.74) is 0. The van der Waals surface area contributed by atoms with Gasteiger partial charge in [0.25, 0.3) is 0 Å². The van der Waals surface area contributed by atoms with Gasteiger partial charge in [-0.25, -0.2) is 0 Å². The number of rotatable bonds is 0. The molecule has 2 nitrogen and oxygen atoms in total. The maximum atomic E-state index is 5.11. The number of hydrogen-bond donors (Lipinski definition) is 0. The minimum absolute atomic E-state index is 0.372. The number of hydrogen-bond acceptors (Lipinski definition) is 2. The third-order valence-corrected chi connectivity index (χ3v) is 2.09. The summed E-state index contributed by atoms with van der Waals surface area (Å²) in [6.07, 6.45) is 0. The van der Waals surface area contributed by atoms with Crippen molar-refractivity contribution >= 4 is 15.9 Å². The van der Waals surface area contributed by atoms with Crippen LogP contribution in [-0.4, -0.2) is 30.1 Å². The maximum Gasteiger partial charge on any atom is 0.0893 e. The van der Waals surface area contributed by atoms with Gasteiger partial charge >= 0.3 is 0 Å². The molecular formula is C5H9BrNO. The van der Waals surface area contributed by atoms with Crippen molar-refractivity contribution in [3.63, 3.8) is 0 Å². The van der Waals surface area contributed by atoms with Gasteiger partial charge in [0, 0.05) is 0 Å². The van der Waals surface area contributed by atoms with Crippen molar-refractivity contribution in [1.82, 2.24) is 4.90 Å². The monoisotopic (exact) mass is 178 g/mol. The second-order valence-electron chi connectivity index (χ2n) is 1.82. The van der Waals surface area contributed by atoms with Crippen LogP contribution >= 0.6 is 15.9 Å². The average Bonchev–Trinajstić information content (AvgIpc) is 1.77. The van der Waals surface area contributed by atoms with Gasteiger partial charge in [-0.15, -0.1) is 0 Å². The first-order valence-corrected chi connectivity index (χ1v) is 3.49. The molecule has 1 fully saturated rings. The third-order valence-electron chi connectivity index (χ3n) is 1.18. The number of ether oxygens (including phenoxy) is 1. The molecule has 8 heavy (non-hydrogen) atoms. The Morgan fingerprint density at radius 1 is 1.88 bits per heavy atom. The molecule has 1 aliphatic rings. The fourth-order valence-corrected chi connectivity index (χ4v) is 0.922. The molecule has 0 bridgehead atoms. The van der Waals surface area contributed by atoms with E-state index < -0.39 is 0 Å². The van der Waals surface area contributed by atoms with E-state index in [2.05, 4.69) is 20.8 Å². The lowest BCUT2D eigenvalue weighted by molar-refractivity contribution is 0.0690. The van der Waals surface area contributed by atoms with Crippen molar-refractivity contribution in [1.29, 1.82) is 0 Å². The highest BCUT2D eigenvalue weighted by Crippen LogP contribution is 2.11. The van der Waals surface area contributed by atoms with Gasteiger partial charge in [0.1, 0.15) is 0 Å². The molecule has 0 aromatic rings. The number of likely N-dealkylation sites (N-methyl/N-ethyl adjacent to an activating group) is 1. The van der Waals surface area contributed by atoms with E-state index in [4.69, 9.17) is 4.74 Å². The summed E-state index contributed by atoms with van der Waals surface area (Å²) < 4.78 is 5.11. The van der Waals surface area contributed by atoms with Crippen molar-refractivity contribution < 1.29 is 4.74 Å². The van der Waals surface area contributed by atoms with Crippen LogP contribution in [0, 0.1) is 6.54 Å². The van der Waals surface area contributed by atoms with E-state index in [0.717, 1.165) is 13.2 Å². The van der Waals surface area contributed by atoms with Crippen LogP contribution < -0.4 is 0 Å². The molecule has 1 rings (SSSR count). The molecule has 1 unspecified atom stereocenters. The normalized spacial score (nSPS) is 33.0. The van der Waals surface area contributed by atoms with Crippen molar-refractivity contribution in [2.45, 2.75) is 4.95 Å². The molecule has 0 saturated carbocycles. The molecule has 1 atom stereocenters. The van der Waals surface area contributed by atoms with Crippen LogP contribution in [0.2, 0.25) is 0 Å². The Morgan fingerprint density at radius 3 is 3.00 bits per heavy atom. The van der Waals surface area contributed by atoms with E-state index in [9.17, 15) is 0 Å². The van der Waals surface area contributed by atoms with Crippen LogP contribution in [0.5, 0.6) is 0 Å². The standard InChI is InChI=1S/C5H9BrNO/c1-7-2-3-8-4-5(7)6/h2,5H,3-4H2,1H3. The summed E-state index contributed by atoms with van der Waals surface area (Å²) in [6, 6.07) is 0. The van der Waals surface area contributed by atoms with Crippen LogP contribution in [0.4, 0.5) is 0 Å². The van der Waals surface area contributed by atoms with Gasteiger partial charge in [0.2, 0.25) is 0 Å². The van der Waals surface area contributed by atoms with Gasteiger partial charge in [-0.3, -0.25) is 4.90 Å². The molecular weight excluding hydrogens is 170 g/mol. The van der Waals surface area contributed by atoms with Crippen molar-refractivity contribution in [2.75, 3.05) is 20.3 Å². The predicted octanol–water partition coefficient (Wildman–Crippen LogP) is 0.831. The Bertz CT molecular complexity index is 68.8. The average molecular weight is 179 g/mol. The first kappa shape index (κ1) is 6.52. The second kappa shape index (κ2) is 2.80. The van der Waals surface area contributed by atoms with E-state index in [0.29, 0.717) is 4.95 Å². The topological polar surface area (TPSA) is 12.5 Å². The maximum absolute atomic E-state index is 5.11. The molecule has 1 radical (unpaired) electrons. The summed E-state index contributed by atoms with van der Waals surface area (Å²) >= 11 is 3.42. The van der Waals surface area contributed by atoms with E-state index in [1.54, 1.807) is 0 Å². The third kappa shape index (κ3) is 1.44. The van der Waals surface area contributed by atoms with E-state index in [1.807, 2.05) is 13.6 Å². The molecule has 0 aromatic carbocycles. The zero-order chi connectivity index (χ0) is 5.98. The highest BCUT2D eigenvalue weighted by Gasteiger charge is 2.15. The van der Waals surface area contributed by atoms with Gasteiger partial charge < -0.3 is 4.74 Å². The molecule has 1 heterocycles. The second-order valence-corrected chi connectivity index (χ2v) is 2.88. The highest BCUT2D eigenvalue weighted by atomic mass is 79.9. The molecule has 0 N–H and O–H groups in total. The van der Waals surface area contributed by atoms with Gasteiger partial charge in [-0.1, -0.05) is 15.9 Å². The van der Waals surface area contributed by atoms with E-state index >= 15 is 0 Å². The number of nitrogens with zero attached hydrogens (tertiary/aromatic N) is 1. The Morgan fingerprint density at radius 2 is 2.62 bits per heavy atom. The summed E-state index contributed by atoms with van der Waals surface area (Å²) in [7, 11) is 2.03. The van der Waals surface area contributed by atoms with Gasteiger partial charge in [0.15, 0.2) is 0 Å². The lowest BCUT2D eigenvalue weighted by Crippen LogP contribution is -2.34. The molecule has 1 saturated heterocycles. The minimum Gasteiger partial charge on any atom is -0.377 e. The SMILES string of the molecule is CN1[CH]COCC1Br. The molecule has 0 aromatic heterocycles. The van der Waals surface area contributed by atoms with Crippen LogP contribution in [0.1, 0.15) is 0 Å². The molecule has 47 valence electrons. The predicted molar refractivity (Wildman–Crippen MR) is 35.6 cm³/mol. The zero-order valence-corrected chi connectivity index (χ0v) is 6.39. The lowest BCUT2D eigenvalue weighted by atomic mass is 10.5. The van der Waals surface area contributed by atoms with E-state index in [-0.39, 0.29) is 0 Å². The zero-order valence-electron chi connectivity index (χ0n) is 4.80. The smallest absolute Gasteiger partial charge is 0.0893 e. The molecule has 0 amide bonds.